The van der Waals surface area contributed by atoms with E-state index in [9.17, 15) is 4.79 Å². The van der Waals surface area contributed by atoms with Crippen LogP contribution in [0.5, 0.6) is 5.75 Å². The van der Waals surface area contributed by atoms with Gasteiger partial charge in [-0.1, -0.05) is 6.07 Å². The summed E-state index contributed by atoms with van der Waals surface area (Å²) in [7, 11) is 1.89. The number of nitrogens with one attached hydrogen (secondary N) is 1. The van der Waals surface area contributed by atoms with E-state index in [1.165, 1.54) is 22.5 Å². The van der Waals surface area contributed by atoms with Gasteiger partial charge in [0.05, 0.1) is 11.1 Å². The standard InChI is InChI=1S/C20H23N3O2S/c1-13-5-6-18(7-14(13)2)25-11-16-8-19(26-12-16)20(24)21-9-17-10-22-23(4)15(17)3/h5-8,10,12H,9,11H2,1-4H3,(H,21,24). The lowest BCUT2D eigenvalue weighted by molar-refractivity contribution is 0.0955. The molecule has 0 bridgehead atoms. The quantitative estimate of drug-likeness (QED) is 0.717. The molecular weight excluding hydrogens is 346 g/mol. The Morgan fingerprint density at radius 1 is 1.23 bits per heavy atom. The van der Waals surface area contributed by atoms with Gasteiger partial charge in [0.1, 0.15) is 12.4 Å². The lowest BCUT2D eigenvalue weighted by Gasteiger charge is -2.07. The lowest BCUT2D eigenvalue weighted by atomic mass is 10.1. The molecule has 26 heavy (non-hydrogen) atoms. The monoisotopic (exact) mass is 369 g/mol. The van der Waals surface area contributed by atoms with Crippen LogP contribution in [0.3, 0.4) is 0 Å². The summed E-state index contributed by atoms with van der Waals surface area (Å²) in [4.78, 5) is 13.0. The number of amides is 1. The largest absolute Gasteiger partial charge is 0.489 e. The van der Waals surface area contributed by atoms with E-state index in [2.05, 4.69) is 30.3 Å². The minimum absolute atomic E-state index is 0.0734. The Balaban J connectivity index is 1.55. The van der Waals surface area contributed by atoms with Crippen LogP contribution in [0.25, 0.3) is 0 Å². The molecule has 136 valence electrons. The second-order valence-corrected chi connectivity index (χ2v) is 7.33. The molecule has 0 aliphatic heterocycles. The molecule has 2 heterocycles. The van der Waals surface area contributed by atoms with E-state index in [1.54, 1.807) is 10.9 Å². The minimum atomic E-state index is -0.0734. The maximum Gasteiger partial charge on any atom is 0.261 e. The molecular formula is C20H23N3O2S. The van der Waals surface area contributed by atoms with Crippen LogP contribution in [0.1, 0.15) is 37.6 Å². The summed E-state index contributed by atoms with van der Waals surface area (Å²) in [6.07, 6.45) is 1.78. The fraction of sp³-hybridized carbons (Fsp3) is 0.300. The van der Waals surface area contributed by atoms with Gasteiger partial charge in [-0.25, -0.2) is 0 Å². The first kappa shape index (κ1) is 18.2. The van der Waals surface area contributed by atoms with E-state index < -0.39 is 0 Å². The summed E-state index contributed by atoms with van der Waals surface area (Å²) in [6.45, 7) is 7.07. The van der Waals surface area contributed by atoms with E-state index in [0.29, 0.717) is 18.0 Å². The summed E-state index contributed by atoms with van der Waals surface area (Å²) in [5.41, 5.74) is 5.53. The second-order valence-electron chi connectivity index (χ2n) is 6.42. The van der Waals surface area contributed by atoms with Crippen molar-refractivity contribution in [3.05, 3.63) is 68.7 Å². The third-order valence-electron chi connectivity index (χ3n) is 4.54. The Labute approximate surface area is 157 Å². The van der Waals surface area contributed by atoms with Gasteiger partial charge >= 0.3 is 0 Å². The normalized spacial score (nSPS) is 10.8. The van der Waals surface area contributed by atoms with Crippen molar-refractivity contribution in [1.82, 2.24) is 15.1 Å². The lowest BCUT2D eigenvalue weighted by Crippen LogP contribution is -2.22. The van der Waals surface area contributed by atoms with Crippen LogP contribution in [-0.4, -0.2) is 15.7 Å². The predicted molar refractivity (Wildman–Crippen MR) is 104 cm³/mol. The van der Waals surface area contributed by atoms with Gasteiger partial charge in [0.25, 0.3) is 5.91 Å². The summed E-state index contributed by atoms with van der Waals surface area (Å²) in [5.74, 6) is 0.771. The van der Waals surface area contributed by atoms with Crippen LogP contribution in [0.4, 0.5) is 0 Å². The zero-order valence-corrected chi connectivity index (χ0v) is 16.3. The zero-order chi connectivity index (χ0) is 18.7. The molecule has 3 rings (SSSR count). The number of ether oxygens (including phenoxy) is 1. The number of carbonyl (C=O) groups is 1. The van der Waals surface area contributed by atoms with Gasteiger partial charge in [-0.05, 0) is 55.5 Å². The first-order valence-corrected chi connectivity index (χ1v) is 9.35. The van der Waals surface area contributed by atoms with Gasteiger partial charge < -0.3 is 10.1 Å². The number of carbonyl (C=O) groups excluding carboxylic acids is 1. The van der Waals surface area contributed by atoms with Crippen LogP contribution >= 0.6 is 11.3 Å². The fourth-order valence-corrected chi connectivity index (χ4v) is 3.33. The molecule has 2 aromatic heterocycles. The Morgan fingerprint density at radius 2 is 2.04 bits per heavy atom. The maximum absolute atomic E-state index is 12.3. The number of hydrogen-bond donors (Lipinski definition) is 1. The van der Waals surface area contributed by atoms with E-state index in [4.69, 9.17) is 4.74 Å². The molecule has 1 amide bonds. The van der Waals surface area contributed by atoms with Crippen molar-refractivity contribution in [3.63, 3.8) is 0 Å². The van der Waals surface area contributed by atoms with Crippen molar-refractivity contribution >= 4 is 17.2 Å². The Kier molecular flexibility index (Phi) is 5.42. The molecule has 0 fully saturated rings. The Hall–Kier alpha value is -2.60. The number of nitrogens with zero attached hydrogens (tertiary/aromatic N) is 2. The van der Waals surface area contributed by atoms with Gasteiger partial charge in [0.2, 0.25) is 0 Å². The maximum atomic E-state index is 12.3. The number of hydrogen-bond acceptors (Lipinski definition) is 4. The van der Waals surface area contributed by atoms with Gasteiger partial charge in [-0.2, -0.15) is 5.10 Å². The van der Waals surface area contributed by atoms with E-state index >= 15 is 0 Å². The SMILES string of the molecule is Cc1ccc(OCc2csc(C(=O)NCc3cnn(C)c3C)c2)cc1C. The highest BCUT2D eigenvalue weighted by Gasteiger charge is 2.11. The van der Waals surface area contributed by atoms with Crippen molar-refractivity contribution in [3.8, 4) is 5.75 Å². The molecule has 0 aliphatic rings. The number of aryl methyl sites for hydroxylation is 3. The molecule has 0 aliphatic carbocycles. The molecule has 5 nitrogen and oxygen atoms in total. The molecule has 1 aromatic carbocycles. The third-order valence-corrected chi connectivity index (χ3v) is 5.52. The van der Waals surface area contributed by atoms with E-state index in [1.807, 2.05) is 37.6 Å². The van der Waals surface area contributed by atoms with Crippen molar-refractivity contribution in [2.24, 2.45) is 7.05 Å². The summed E-state index contributed by atoms with van der Waals surface area (Å²) in [5, 5.41) is 9.10. The molecule has 6 heteroatoms. The molecule has 0 radical (unpaired) electrons. The van der Waals surface area contributed by atoms with Gasteiger partial charge in [0, 0.05) is 30.4 Å². The van der Waals surface area contributed by atoms with Gasteiger partial charge in [-0.15, -0.1) is 11.3 Å². The van der Waals surface area contributed by atoms with Crippen molar-refractivity contribution in [1.29, 1.82) is 0 Å². The van der Waals surface area contributed by atoms with Crippen molar-refractivity contribution in [2.75, 3.05) is 0 Å². The zero-order valence-electron chi connectivity index (χ0n) is 15.5. The summed E-state index contributed by atoms with van der Waals surface area (Å²) < 4.78 is 7.63. The first-order chi connectivity index (χ1) is 12.4. The Bertz CT molecular complexity index is 927. The minimum Gasteiger partial charge on any atom is -0.489 e. The highest BCUT2D eigenvalue weighted by molar-refractivity contribution is 7.12. The molecule has 0 unspecified atom stereocenters. The summed E-state index contributed by atoms with van der Waals surface area (Å²) in [6, 6.07) is 7.94. The second kappa shape index (κ2) is 7.74. The smallest absolute Gasteiger partial charge is 0.261 e. The number of rotatable bonds is 6. The number of thiophene rings is 1. The fourth-order valence-electron chi connectivity index (χ4n) is 2.52. The van der Waals surface area contributed by atoms with Crippen LogP contribution in [0.15, 0.2) is 35.8 Å². The van der Waals surface area contributed by atoms with Crippen LogP contribution in [0.2, 0.25) is 0 Å². The van der Waals surface area contributed by atoms with Crippen LogP contribution in [0, 0.1) is 20.8 Å². The number of benzene rings is 1. The molecule has 0 spiro atoms. The van der Waals surface area contributed by atoms with E-state index in [-0.39, 0.29) is 5.91 Å². The van der Waals surface area contributed by atoms with Crippen LogP contribution < -0.4 is 10.1 Å². The topological polar surface area (TPSA) is 56.1 Å². The van der Waals surface area contributed by atoms with Gasteiger partial charge in [-0.3, -0.25) is 9.48 Å². The van der Waals surface area contributed by atoms with Crippen LogP contribution in [-0.2, 0) is 20.2 Å². The molecule has 1 N–H and O–H groups in total. The van der Waals surface area contributed by atoms with Gasteiger partial charge in [0.15, 0.2) is 0 Å². The molecule has 0 saturated carbocycles. The third kappa shape index (κ3) is 4.14. The molecule has 0 saturated heterocycles. The predicted octanol–water partition coefficient (Wildman–Crippen LogP) is 3.92. The first-order valence-electron chi connectivity index (χ1n) is 8.47. The highest BCUT2D eigenvalue weighted by atomic mass is 32.1. The molecule has 3 aromatic rings. The highest BCUT2D eigenvalue weighted by Crippen LogP contribution is 2.20. The van der Waals surface area contributed by atoms with Crippen molar-refractivity contribution < 1.29 is 9.53 Å². The summed E-state index contributed by atoms with van der Waals surface area (Å²) >= 11 is 1.43. The number of aromatic nitrogens is 2. The van der Waals surface area contributed by atoms with E-state index in [0.717, 1.165) is 22.6 Å². The Morgan fingerprint density at radius 3 is 2.73 bits per heavy atom. The average Bonchev–Trinajstić information content (AvgIpc) is 3.22. The molecule has 0 atom stereocenters. The average molecular weight is 369 g/mol. The van der Waals surface area contributed by atoms with Crippen molar-refractivity contribution in [2.45, 2.75) is 33.9 Å².